The summed E-state index contributed by atoms with van der Waals surface area (Å²) in [7, 11) is 6.26. The number of nitrogens with zero attached hydrogens (tertiary/aromatic N) is 4. The Bertz CT molecular complexity index is 1670. The molecular formula is C39H45ClN4O2. The van der Waals surface area contributed by atoms with Crippen LogP contribution in [0.5, 0.6) is 0 Å². The predicted octanol–water partition coefficient (Wildman–Crippen LogP) is 7.65. The molecule has 0 bridgehead atoms. The van der Waals surface area contributed by atoms with Gasteiger partial charge < -0.3 is 14.5 Å². The molecule has 6 rings (SSSR count). The molecule has 0 spiro atoms. The van der Waals surface area contributed by atoms with E-state index < -0.39 is 0 Å². The lowest BCUT2D eigenvalue weighted by Gasteiger charge is -2.20. The number of aromatic nitrogens is 2. The molecule has 0 N–H and O–H groups in total. The molecule has 7 heteroatoms. The van der Waals surface area contributed by atoms with Crippen LogP contribution in [0.1, 0.15) is 53.8 Å². The quantitative estimate of drug-likeness (QED) is 0.166. The van der Waals surface area contributed by atoms with Crippen LogP contribution in [0.2, 0.25) is 5.02 Å². The largest absolute Gasteiger partial charge is 0.367 e. The maximum absolute atomic E-state index is 13.1. The summed E-state index contributed by atoms with van der Waals surface area (Å²) in [6.07, 6.45) is 3.75. The number of halogens is 1. The Hall–Kier alpha value is -3.81. The van der Waals surface area contributed by atoms with Crippen molar-refractivity contribution in [3.63, 3.8) is 0 Å². The van der Waals surface area contributed by atoms with Crippen molar-refractivity contribution >= 4 is 22.4 Å². The number of fused-ring (bicyclic) bond motifs is 1. The van der Waals surface area contributed by atoms with Gasteiger partial charge in [0.25, 0.3) is 5.56 Å². The van der Waals surface area contributed by atoms with Crippen LogP contribution in [0.25, 0.3) is 10.8 Å². The van der Waals surface area contributed by atoms with E-state index in [1.165, 1.54) is 11.1 Å². The highest BCUT2D eigenvalue weighted by Gasteiger charge is 2.21. The molecular weight excluding hydrogens is 592 g/mol. The molecule has 1 atom stereocenters. The number of likely N-dealkylation sites (tertiary alicyclic amines) is 1. The first-order valence-corrected chi connectivity index (χ1v) is 16.6. The lowest BCUT2D eigenvalue weighted by atomic mass is 10.0. The molecule has 1 unspecified atom stereocenters. The van der Waals surface area contributed by atoms with E-state index in [4.69, 9.17) is 21.4 Å². The van der Waals surface area contributed by atoms with Crippen LogP contribution < -0.4 is 5.56 Å². The molecule has 1 aromatic heterocycles. The lowest BCUT2D eigenvalue weighted by Crippen LogP contribution is -2.29. The van der Waals surface area contributed by atoms with Gasteiger partial charge in [0.1, 0.15) is 6.10 Å². The van der Waals surface area contributed by atoms with E-state index in [2.05, 4.69) is 79.5 Å². The fourth-order valence-electron chi connectivity index (χ4n) is 5.91. The second-order valence-corrected chi connectivity index (χ2v) is 12.7. The van der Waals surface area contributed by atoms with Gasteiger partial charge in [-0.3, -0.25) is 4.79 Å². The second kappa shape index (κ2) is 16.7. The summed E-state index contributed by atoms with van der Waals surface area (Å²) in [5, 5.41) is 7.29. The zero-order valence-corrected chi connectivity index (χ0v) is 27.9. The van der Waals surface area contributed by atoms with Gasteiger partial charge in [-0.15, -0.1) is 0 Å². The van der Waals surface area contributed by atoms with Gasteiger partial charge in [0, 0.05) is 23.4 Å². The highest BCUT2D eigenvalue weighted by atomic mass is 35.5. The monoisotopic (exact) mass is 636 g/mol. The van der Waals surface area contributed by atoms with Crippen molar-refractivity contribution < 1.29 is 4.74 Å². The lowest BCUT2D eigenvalue weighted by molar-refractivity contribution is 0.0687. The fourth-order valence-corrected chi connectivity index (χ4v) is 6.03. The van der Waals surface area contributed by atoms with Crippen molar-refractivity contribution in [3.8, 4) is 0 Å². The molecule has 0 aliphatic carbocycles. The molecule has 6 nitrogen and oxygen atoms in total. The Kier molecular flexibility index (Phi) is 12.2. The highest BCUT2D eigenvalue weighted by Crippen LogP contribution is 2.26. The summed E-state index contributed by atoms with van der Waals surface area (Å²) in [4.78, 5) is 17.6. The molecule has 240 valence electrons. The topological polar surface area (TPSA) is 50.6 Å². The maximum atomic E-state index is 13.1. The summed E-state index contributed by atoms with van der Waals surface area (Å²) >= 11 is 6.02. The molecule has 5 aromatic rings. The van der Waals surface area contributed by atoms with Gasteiger partial charge in [0.05, 0.1) is 23.7 Å². The average molecular weight is 637 g/mol. The van der Waals surface area contributed by atoms with E-state index in [0.717, 1.165) is 72.6 Å². The SMILES string of the molecule is CN(C)CCOC(c1ccccc1)c1ccccc1.CN1CCCC(n2nc(Cc3ccc(Cl)cc3)c3ccccc3c2=O)CC1. The number of hydrogen-bond acceptors (Lipinski definition) is 5. The average Bonchev–Trinajstić information content (AvgIpc) is 3.30. The smallest absolute Gasteiger partial charge is 0.274 e. The van der Waals surface area contributed by atoms with E-state index in [-0.39, 0.29) is 17.7 Å². The van der Waals surface area contributed by atoms with Gasteiger partial charge in [-0.1, -0.05) is 103 Å². The third-order valence-corrected chi connectivity index (χ3v) is 8.74. The van der Waals surface area contributed by atoms with E-state index >= 15 is 0 Å². The molecule has 0 radical (unpaired) electrons. The third kappa shape index (κ3) is 9.14. The van der Waals surface area contributed by atoms with Gasteiger partial charge in [-0.05, 0) is 88.4 Å². The van der Waals surface area contributed by atoms with Crippen LogP contribution in [0, 0.1) is 0 Å². The van der Waals surface area contributed by atoms with E-state index in [1.54, 1.807) is 4.68 Å². The predicted molar refractivity (Wildman–Crippen MR) is 190 cm³/mol. The standard InChI is InChI=1S/C22H24ClN3O.C17H21NO/c1-25-13-4-5-18(12-14-25)26-22(27)20-7-3-2-6-19(20)21(24-26)15-16-8-10-17(23)11-9-16;1-18(2)13-14-19-17(15-9-5-3-6-10-15)16-11-7-4-8-12-16/h2-3,6-11,18H,4-5,12-15H2,1H3;3-12,17H,13-14H2,1-2H3. The molecule has 1 aliphatic rings. The van der Waals surface area contributed by atoms with Crippen molar-refractivity contribution in [2.75, 3.05) is 47.4 Å². The minimum atomic E-state index is 0.0161. The molecule has 2 heterocycles. The van der Waals surface area contributed by atoms with Crippen LogP contribution in [-0.2, 0) is 11.2 Å². The van der Waals surface area contributed by atoms with Crippen molar-refractivity contribution in [1.82, 2.24) is 19.6 Å². The molecule has 0 amide bonds. The van der Waals surface area contributed by atoms with Crippen molar-refractivity contribution in [2.24, 2.45) is 0 Å². The first kappa shape index (κ1) is 33.6. The Morgan fingerprint density at radius 3 is 2.07 bits per heavy atom. The van der Waals surface area contributed by atoms with Gasteiger partial charge in [-0.25, -0.2) is 4.68 Å². The molecule has 1 fully saturated rings. The Balaban J connectivity index is 0.000000193. The number of rotatable bonds is 9. The summed E-state index contributed by atoms with van der Waals surface area (Å²) in [6.45, 7) is 3.73. The zero-order chi connectivity index (χ0) is 32.3. The number of likely N-dealkylation sites (N-methyl/N-ethyl adjacent to an activating group) is 1. The van der Waals surface area contributed by atoms with Crippen LogP contribution in [0.15, 0.2) is 114 Å². The van der Waals surface area contributed by atoms with Crippen molar-refractivity contribution in [3.05, 3.63) is 147 Å². The van der Waals surface area contributed by atoms with Gasteiger partial charge in [0.2, 0.25) is 0 Å². The Morgan fingerprint density at radius 1 is 0.826 bits per heavy atom. The number of hydrogen-bond donors (Lipinski definition) is 0. The molecule has 4 aromatic carbocycles. The van der Waals surface area contributed by atoms with Crippen LogP contribution in [0.4, 0.5) is 0 Å². The van der Waals surface area contributed by atoms with Gasteiger partial charge in [-0.2, -0.15) is 5.10 Å². The third-order valence-electron chi connectivity index (χ3n) is 8.48. The van der Waals surface area contributed by atoms with E-state index in [9.17, 15) is 4.79 Å². The first-order valence-electron chi connectivity index (χ1n) is 16.2. The Labute approximate surface area is 278 Å². The summed E-state index contributed by atoms with van der Waals surface area (Å²) < 4.78 is 7.84. The molecule has 0 saturated carbocycles. The maximum Gasteiger partial charge on any atom is 0.274 e. The zero-order valence-electron chi connectivity index (χ0n) is 27.2. The number of benzene rings is 4. The van der Waals surface area contributed by atoms with Crippen LogP contribution in [0.3, 0.4) is 0 Å². The summed E-state index contributed by atoms with van der Waals surface area (Å²) in [5.74, 6) is 0. The van der Waals surface area contributed by atoms with Crippen molar-refractivity contribution in [2.45, 2.75) is 37.8 Å². The first-order chi connectivity index (χ1) is 22.4. The van der Waals surface area contributed by atoms with E-state index in [1.807, 2.05) is 60.7 Å². The van der Waals surface area contributed by atoms with Crippen molar-refractivity contribution in [1.29, 1.82) is 0 Å². The molecule has 1 saturated heterocycles. The molecule has 46 heavy (non-hydrogen) atoms. The minimum Gasteiger partial charge on any atom is -0.367 e. The molecule has 1 aliphatic heterocycles. The van der Waals surface area contributed by atoms with Crippen LogP contribution >= 0.6 is 11.6 Å². The second-order valence-electron chi connectivity index (χ2n) is 12.3. The fraction of sp³-hybridized carbons (Fsp3) is 0.333. The van der Waals surface area contributed by atoms with Crippen LogP contribution in [-0.4, -0.2) is 67.0 Å². The highest BCUT2D eigenvalue weighted by molar-refractivity contribution is 6.30. The van der Waals surface area contributed by atoms with E-state index in [0.29, 0.717) is 6.42 Å². The number of ether oxygens (including phenoxy) is 1. The normalized spacial score (nSPS) is 15.5. The minimum absolute atomic E-state index is 0.0161. The summed E-state index contributed by atoms with van der Waals surface area (Å²) in [5.41, 5.74) is 4.52. The van der Waals surface area contributed by atoms with Gasteiger partial charge in [0.15, 0.2) is 0 Å². The summed E-state index contributed by atoms with van der Waals surface area (Å²) in [6, 6.07) is 36.6. The Morgan fingerprint density at radius 2 is 1.43 bits per heavy atom. The van der Waals surface area contributed by atoms with Gasteiger partial charge >= 0.3 is 0 Å².